The third-order valence-electron chi connectivity index (χ3n) is 6.37. The Labute approximate surface area is 184 Å². The molecule has 2 amide bonds. The molecule has 0 aromatic heterocycles. The summed E-state index contributed by atoms with van der Waals surface area (Å²) in [4.78, 5) is 28.2. The minimum Gasteiger partial charge on any atom is -0.508 e. The van der Waals surface area contributed by atoms with Gasteiger partial charge in [-0.05, 0) is 43.2 Å². The number of hydrogen-bond donors (Lipinski definition) is 1. The minimum atomic E-state index is -1.18. The van der Waals surface area contributed by atoms with Gasteiger partial charge in [-0.3, -0.25) is 9.59 Å². The van der Waals surface area contributed by atoms with Crippen LogP contribution in [0.5, 0.6) is 11.5 Å². The van der Waals surface area contributed by atoms with Crippen molar-refractivity contribution in [1.82, 2.24) is 0 Å². The number of anilines is 1. The van der Waals surface area contributed by atoms with Gasteiger partial charge >= 0.3 is 0 Å². The van der Waals surface area contributed by atoms with Crippen molar-refractivity contribution in [2.45, 2.75) is 19.3 Å². The van der Waals surface area contributed by atoms with Gasteiger partial charge in [-0.2, -0.15) is 0 Å². The molecule has 3 atom stereocenters. The Hall–Kier alpha value is -3.12. The Balaban J connectivity index is 1.87. The van der Waals surface area contributed by atoms with Gasteiger partial charge in [0.15, 0.2) is 0 Å². The van der Waals surface area contributed by atoms with Gasteiger partial charge in [-0.25, -0.2) is 9.29 Å². The molecule has 0 unspecified atom stereocenters. The van der Waals surface area contributed by atoms with Gasteiger partial charge in [0, 0.05) is 17.5 Å². The number of hydrogen-bond acceptors (Lipinski definition) is 4. The van der Waals surface area contributed by atoms with Crippen LogP contribution in [0.25, 0.3) is 0 Å². The van der Waals surface area contributed by atoms with Crippen molar-refractivity contribution in [3.63, 3.8) is 0 Å². The van der Waals surface area contributed by atoms with Gasteiger partial charge in [-0.1, -0.05) is 36.4 Å². The Bertz CT molecular complexity index is 1140. The van der Waals surface area contributed by atoms with E-state index in [1.54, 1.807) is 25.1 Å². The van der Waals surface area contributed by atoms with Gasteiger partial charge < -0.3 is 9.84 Å². The number of carbonyl (C=O) groups excluding carboxylic acids is 2. The first-order chi connectivity index (χ1) is 14.7. The van der Waals surface area contributed by atoms with E-state index in [1.165, 1.54) is 25.3 Å². The van der Waals surface area contributed by atoms with E-state index >= 15 is 0 Å². The molecular weight excluding hydrogens is 421 g/mol. The summed E-state index contributed by atoms with van der Waals surface area (Å²) in [5.41, 5.74) is 0.288. The van der Waals surface area contributed by atoms with Crippen molar-refractivity contribution in [3.8, 4) is 11.5 Å². The number of nitrogens with zero attached hydrogens (tertiary/aromatic N) is 1. The SMILES string of the molecule is C=CC1=CC[C@H]2C(=O)N(c3ccc(F)c(Cl)c3)C(=O)[C@@]2(C)[C@H]1c1ccc(OC)cc1O. The van der Waals surface area contributed by atoms with E-state index in [1.807, 2.05) is 6.08 Å². The molecule has 7 heteroatoms. The number of phenolic OH excluding ortho intramolecular Hbond substituents is 1. The predicted molar refractivity (Wildman–Crippen MR) is 116 cm³/mol. The molecule has 4 rings (SSSR count). The highest BCUT2D eigenvalue weighted by Gasteiger charge is 2.62. The lowest BCUT2D eigenvalue weighted by Crippen LogP contribution is -2.41. The number of halogens is 2. The fourth-order valence-corrected chi connectivity index (χ4v) is 4.93. The van der Waals surface area contributed by atoms with Crippen LogP contribution in [0.2, 0.25) is 5.02 Å². The highest BCUT2D eigenvalue weighted by atomic mass is 35.5. The van der Waals surface area contributed by atoms with Gasteiger partial charge in [-0.15, -0.1) is 0 Å². The van der Waals surface area contributed by atoms with E-state index in [0.29, 0.717) is 17.7 Å². The molecule has 1 fully saturated rings. The van der Waals surface area contributed by atoms with Crippen LogP contribution in [0, 0.1) is 17.2 Å². The molecule has 0 radical (unpaired) electrons. The number of benzene rings is 2. The summed E-state index contributed by atoms with van der Waals surface area (Å²) in [7, 11) is 1.49. The second kappa shape index (κ2) is 7.54. The first-order valence-electron chi connectivity index (χ1n) is 9.76. The van der Waals surface area contributed by atoms with Crippen molar-refractivity contribution < 1.29 is 23.8 Å². The van der Waals surface area contributed by atoms with Gasteiger partial charge in [0.2, 0.25) is 11.8 Å². The maximum atomic E-state index is 13.7. The lowest BCUT2D eigenvalue weighted by molar-refractivity contribution is -0.127. The van der Waals surface area contributed by atoms with Crippen LogP contribution in [-0.4, -0.2) is 24.0 Å². The zero-order valence-electron chi connectivity index (χ0n) is 17.1. The average molecular weight is 442 g/mol. The third kappa shape index (κ3) is 3.05. The van der Waals surface area contributed by atoms with Crippen LogP contribution in [0.4, 0.5) is 10.1 Å². The zero-order valence-corrected chi connectivity index (χ0v) is 17.8. The van der Waals surface area contributed by atoms with Crippen LogP contribution in [-0.2, 0) is 9.59 Å². The molecule has 2 aromatic carbocycles. The van der Waals surface area contributed by atoms with Gasteiger partial charge in [0.25, 0.3) is 0 Å². The molecule has 1 heterocycles. The number of methoxy groups -OCH3 is 1. The number of rotatable bonds is 4. The summed E-state index contributed by atoms with van der Waals surface area (Å²) in [5, 5.41) is 10.5. The Morgan fingerprint density at radius 3 is 2.65 bits per heavy atom. The fourth-order valence-electron chi connectivity index (χ4n) is 4.76. The van der Waals surface area contributed by atoms with Gasteiger partial charge in [0.05, 0.1) is 29.2 Å². The fraction of sp³-hybridized carbons (Fsp3) is 0.250. The Kier molecular flexibility index (Phi) is 5.13. The lowest BCUT2D eigenvalue weighted by Gasteiger charge is -2.40. The molecule has 2 aliphatic rings. The molecule has 5 nitrogen and oxygen atoms in total. The highest BCUT2D eigenvalue weighted by Crippen LogP contribution is 2.58. The molecule has 0 saturated carbocycles. The first-order valence-corrected chi connectivity index (χ1v) is 10.1. The van der Waals surface area contributed by atoms with Crippen molar-refractivity contribution in [3.05, 3.63) is 77.1 Å². The van der Waals surface area contributed by atoms with Crippen LogP contribution >= 0.6 is 11.6 Å². The summed E-state index contributed by atoms with van der Waals surface area (Å²) in [6.07, 6.45) is 3.87. The minimum absolute atomic E-state index is 0.0394. The molecule has 31 heavy (non-hydrogen) atoms. The second-order valence-electron chi connectivity index (χ2n) is 7.91. The van der Waals surface area contributed by atoms with E-state index in [4.69, 9.17) is 16.3 Å². The molecule has 1 aliphatic carbocycles. The summed E-state index contributed by atoms with van der Waals surface area (Å²) < 4.78 is 18.8. The Morgan fingerprint density at radius 2 is 2.03 bits per heavy atom. The number of amides is 2. The van der Waals surface area contributed by atoms with Crippen molar-refractivity contribution in [1.29, 1.82) is 0 Å². The molecule has 0 spiro atoms. The van der Waals surface area contributed by atoms with Crippen molar-refractivity contribution in [2.24, 2.45) is 11.3 Å². The van der Waals surface area contributed by atoms with E-state index in [0.717, 1.165) is 16.5 Å². The predicted octanol–water partition coefficient (Wildman–Crippen LogP) is 4.99. The second-order valence-corrected chi connectivity index (χ2v) is 8.32. The molecule has 1 saturated heterocycles. The number of allylic oxidation sites excluding steroid dienone is 3. The lowest BCUT2D eigenvalue weighted by atomic mass is 9.60. The summed E-state index contributed by atoms with van der Waals surface area (Å²) in [6, 6.07) is 8.62. The molecule has 1 N–H and O–H groups in total. The standard InChI is InChI=1S/C24H21ClFNO4/c1-4-13-5-9-17-22(29)27(14-6-10-19(26)18(25)11-14)23(30)24(17,2)21(13)16-8-7-15(31-3)12-20(16)28/h4-8,10-12,17,21,28H,1,9H2,2-3H3/t17-,21+,24+/m0/s1. The molecule has 2 aromatic rings. The summed E-state index contributed by atoms with van der Waals surface area (Å²) >= 11 is 5.90. The number of ether oxygens (including phenoxy) is 1. The summed E-state index contributed by atoms with van der Waals surface area (Å²) in [5.74, 6) is -2.27. The van der Waals surface area contributed by atoms with Crippen LogP contribution in [0.15, 0.2) is 60.7 Å². The number of phenols is 1. The van der Waals surface area contributed by atoms with Crippen LogP contribution < -0.4 is 9.64 Å². The smallest absolute Gasteiger partial charge is 0.241 e. The molecule has 160 valence electrons. The van der Waals surface area contributed by atoms with E-state index in [9.17, 15) is 19.1 Å². The molecule has 1 aliphatic heterocycles. The zero-order chi connectivity index (χ0) is 22.5. The van der Waals surface area contributed by atoms with E-state index in [-0.39, 0.29) is 22.4 Å². The summed E-state index contributed by atoms with van der Waals surface area (Å²) in [6.45, 7) is 5.60. The van der Waals surface area contributed by atoms with Crippen molar-refractivity contribution >= 4 is 29.1 Å². The quantitative estimate of drug-likeness (QED) is 0.679. The average Bonchev–Trinajstić information content (AvgIpc) is 2.95. The monoisotopic (exact) mass is 441 g/mol. The maximum Gasteiger partial charge on any atom is 0.241 e. The molecule has 0 bridgehead atoms. The third-order valence-corrected chi connectivity index (χ3v) is 6.66. The first kappa shape index (κ1) is 21.1. The van der Waals surface area contributed by atoms with Crippen LogP contribution in [0.1, 0.15) is 24.8 Å². The van der Waals surface area contributed by atoms with Crippen LogP contribution in [0.3, 0.4) is 0 Å². The largest absolute Gasteiger partial charge is 0.508 e. The van der Waals surface area contributed by atoms with E-state index in [2.05, 4.69) is 6.58 Å². The number of carbonyl (C=O) groups is 2. The Morgan fingerprint density at radius 1 is 1.29 bits per heavy atom. The highest BCUT2D eigenvalue weighted by molar-refractivity contribution is 6.31. The number of aromatic hydroxyl groups is 1. The van der Waals surface area contributed by atoms with E-state index < -0.39 is 29.0 Å². The van der Waals surface area contributed by atoms with Gasteiger partial charge in [0.1, 0.15) is 17.3 Å². The normalized spacial score (nSPS) is 25.3. The maximum absolute atomic E-state index is 13.7. The number of imide groups is 1. The molecular formula is C24H21ClFNO4. The number of fused-ring (bicyclic) bond motifs is 1. The topological polar surface area (TPSA) is 66.8 Å². The van der Waals surface area contributed by atoms with Crippen molar-refractivity contribution in [2.75, 3.05) is 12.0 Å².